The number of furan rings is 2. The van der Waals surface area contributed by atoms with Crippen LogP contribution in [0, 0.1) is 0 Å². The second-order valence-corrected chi connectivity index (χ2v) is 19.8. The summed E-state index contributed by atoms with van der Waals surface area (Å²) in [7, 11) is 0. The molecule has 0 fully saturated rings. The summed E-state index contributed by atoms with van der Waals surface area (Å²) in [5.74, 6) is 1.63. The molecule has 16 rings (SSSR count). The zero-order chi connectivity index (χ0) is 51.1. The van der Waals surface area contributed by atoms with Crippen molar-refractivity contribution in [2.45, 2.75) is 20.3 Å². The number of fused-ring (bicyclic) bond motifs is 14. The molecule has 0 atom stereocenters. The van der Waals surface area contributed by atoms with Gasteiger partial charge in [0.05, 0.1) is 22.1 Å². The van der Waals surface area contributed by atoms with Crippen LogP contribution in [0.5, 0.6) is 0 Å². The molecule has 0 unspecified atom stereocenters. The molecule has 0 aliphatic heterocycles. The lowest BCUT2D eigenvalue weighted by atomic mass is 9.96. The summed E-state index contributed by atoms with van der Waals surface area (Å²) in [5.41, 5.74) is 14.8. The van der Waals surface area contributed by atoms with Crippen LogP contribution in [0.15, 0.2) is 245 Å². The van der Waals surface area contributed by atoms with Crippen molar-refractivity contribution >= 4 is 98.3 Å². The highest BCUT2D eigenvalue weighted by atomic mass is 16.3. The lowest BCUT2D eigenvalue weighted by Gasteiger charge is -2.14. The Morgan fingerprint density at radius 1 is 0.338 bits per heavy atom. The van der Waals surface area contributed by atoms with Crippen LogP contribution >= 0.6 is 0 Å². The number of aromatic nitrogens is 5. The van der Waals surface area contributed by atoms with E-state index in [4.69, 9.17) is 23.8 Å². The van der Waals surface area contributed by atoms with E-state index in [1.165, 1.54) is 28.0 Å². The molecule has 0 amide bonds. The zero-order valence-electron chi connectivity index (χ0n) is 42.3. The molecule has 5 aromatic heterocycles. The van der Waals surface area contributed by atoms with Crippen LogP contribution in [0.3, 0.4) is 0 Å². The minimum absolute atomic E-state index is 0.531. The molecule has 0 aliphatic carbocycles. The molecule has 364 valence electrons. The van der Waals surface area contributed by atoms with E-state index in [1.807, 2.05) is 30.3 Å². The molecule has 0 aliphatic rings. The van der Waals surface area contributed by atoms with Crippen LogP contribution < -0.4 is 0 Å². The van der Waals surface area contributed by atoms with Crippen molar-refractivity contribution in [1.29, 1.82) is 0 Å². The topological polar surface area (TPSA) is 74.8 Å². The Hall–Kier alpha value is -10.1. The molecular formula is C70H47N5O2. The summed E-state index contributed by atoms with van der Waals surface area (Å²) < 4.78 is 17.2. The van der Waals surface area contributed by atoms with E-state index in [9.17, 15) is 0 Å². The first-order valence-corrected chi connectivity index (χ1v) is 26.3. The van der Waals surface area contributed by atoms with Crippen molar-refractivity contribution in [2.75, 3.05) is 0 Å². The third-order valence-corrected chi connectivity index (χ3v) is 15.0. The van der Waals surface area contributed by atoms with Gasteiger partial charge in [0.2, 0.25) is 5.95 Å². The van der Waals surface area contributed by atoms with E-state index in [1.54, 1.807) is 0 Å². The number of hydrogen-bond acceptors (Lipinski definition) is 5. The number of benzene rings is 11. The van der Waals surface area contributed by atoms with E-state index in [-0.39, 0.29) is 0 Å². The van der Waals surface area contributed by atoms with E-state index in [0.717, 1.165) is 116 Å². The van der Waals surface area contributed by atoms with Gasteiger partial charge in [-0.05, 0) is 100 Å². The summed E-state index contributed by atoms with van der Waals surface area (Å²) >= 11 is 0. The van der Waals surface area contributed by atoms with Gasteiger partial charge >= 0.3 is 0 Å². The smallest absolute Gasteiger partial charge is 0.238 e. The van der Waals surface area contributed by atoms with Crippen molar-refractivity contribution < 1.29 is 8.83 Å². The highest BCUT2D eigenvalue weighted by molar-refractivity contribution is 6.23. The SMILES string of the molecule is CCC.c1cc(-c2ccc3oc4ccccc4c3c2)cc(-c2cccc3c4c5ccccc5ccc4n(-c4cccc(-c5nc(-c6ccc7c(c6)oc6ccccc67)nc(-n6c7ccccc7c7ccccc76)n5)c4)c23)c1. The highest BCUT2D eigenvalue weighted by Gasteiger charge is 2.22. The fourth-order valence-corrected chi connectivity index (χ4v) is 11.6. The van der Waals surface area contributed by atoms with Gasteiger partial charge in [0.1, 0.15) is 22.3 Å². The van der Waals surface area contributed by atoms with Gasteiger partial charge in [0.25, 0.3) is 0 Å². The van der Waals surface area contributed by atoms with Crippen LogP contribution in [0.25, 0.3) is 155 Å². The Kier molecular flexibility index (Phi) is 10.3. The second-order valence-electron chi connectivity index (χ2n) is 19.8. The number of hydrogen-bond donors (Lipinski definition) is 0. The van der Waals surface area contributed by atoms with Crippen LogP contribution in [0.2, 0.25) is 0 Å². The third kappa shape index (κ3) is 7.15. The monoisotopic (exact) mass is 989 g/mol. The van der Waals surface area contributed by atoms with Crippen LogP contribution in [0.1, 0.15) is 20.3 Å². The lowest BCUT2D eigenvalue weighted by molar-refractivity contribution is 0.668. The zero-order valence-corrected chi connectivity index (χ0v) is 42.3. The number of para-hydroxylation sites is 5. The fourth-order valence-electron chi connectivity index (χ4n) is 11.6. The van der Waals surface area contributed by atoms with Gasteiger partial charge in [0.15, 0.2) is 11.6 Å². The molecule has 0 saturated heterocycles. The Labute approximate surface area is 442 Å². The molecular weight excluding hydrogens is 943 g/mol. The van der Waals surface area contributed by atoms with Crippen LogP contribution in [-0.2, 0) is 0 Å². The number of rotatable bonds is 6. The Bertz CT molecular complexity index is 4960. The van der Waals surface area contributed by atoms with Crippen molar-refractivity contribution in [3.63, 3.8) is 0 Å². The average Bonchev–Trinajstić information content (AvgIpc) is 4.28. The molecule has 0 radical (unpaired) electrons. The standard InChI is InChI=1S/C67H39N5O2.C3H8/c1-2-19-47-40(14-1)31-34-58-63(47)54-25-13-24-48(43-16-11-15-41(36-43)42-32-35-61-55(38-42)52-23-6-10-29-60(52)73-61)64(54)71(58)46-18-12-17-44(37-46)65-68-66(45-30-33-53-51-22-5-9-28-59(51)74-62(53)39-45)70-67(69-65)72-56-26-7-3-20-49(56)50-21-4-8-27-57(50)72;1-3-2/h1-39H;3H2,1-2H3. The minimum atomic E-state index is 0.531. The van der Waals surface area contributed by atoms with Gasteiger partial charge in [-0.1, -0.05) is 184 Å². The maximum Gasteiger partial charge on any atom is 0.238 e. The molecule has 0 saturated carbocycles. The predicted octanol–water partition coefficient (Wildman–Crippen LogP) is 19.1. The predicted molar refractivity (Wildman–Crippen MR) is 318 cm³/mol. The van der Waals surface area contributed by atoms with E-state index in [2.05, 4.69) is 229 Å². The van der Waals surface area contributed by atoms with Crippen molar-refractivity contribution in [1.82, 2.24) is 24.1 Å². The number of nitrogens with zero attached hydrogens (tertiary/aromatic N) is 5. The normalized spacial score (nSPS) is 11.8. The molecule has 5 heterocycles. The minimum Gasteiger partial charge on any atom is -0.456 e. The summed E-state index contributed by atoms with van der Waals surface area (Å²) in [4.78, 5) is 16.0. The van der Waals surface area contributed by atoms with Gasteiger partial charge < -0.3 is 13.4 Å². The highest BCUT2D eigenvalue weighted by Crippen LogP contribution is 2.43. The molecule has 16 aromatic rings. The second kappa shape index (κ2) is 17.8. The summed E-state index contributed by atoms with van der Waals surface area (Å²) in [5, 5.41) is 11.4. The molecule has 77 heavy (non-hydrogen) atoms. The van der Waals surface area contributed by atoms with Crippen LogP contribution in [0.4, 0.5) is 0 Å². The third-order valence-electron chi connectivity index (χ3n) is 15.0. The molecule has 7 nitrogen and oxygen atoms in total. The molecule has 7 heteroatoms. The average molecular weight is 990 g/mol. The van der Waals surface area contributed by atoms with Gasteiger partial charge in [0, 0.05) is 65.5 Å². The van der Waals surface area contributed by atoms with Crippen molar-refractivity contribution in [2.24, 2.45) is 0 Å². The first-order chi connectivity index (χ1) is 38.1. The molecule has 0 bridgehead atoms. The maximum atomic E-state index is 6.42. The molecule has 0 spiro atoms. The Balaban J connectivity index is 0.00000169. The summed E-state index contributed by atoms with van der Waals surface area (Å²) in [6, 6.07) is 83.6. The molecule has 0 N–H and O–H groups in total. The van der Waals surface area contributed by atoms with Gasteiger partial charge in [-0.3, -0.25) is 4.57 Å². The molecule has 11 aromatic carbocycles. The van der Waals surface area contributed by atoms with Gasteiger partial charge in [-0.2, -0.15) is 9.97 Å². The largest absolute Gasteiger partial charge is 0.456 e. The quantitative estimate of drug-likeness (QED) is 0.166. The Morgan fingerprint density at radius 3 is 1.65 bits per heavy atom. The van der Waals surface area contributed by atoms with E-state index >= 15 is 0 Å². The first kappa shape index (κ1) is 44.4. The fraction of sp³-hybridized carbons (Fsp3) is 0.0429. The Morgan fingerprint density at radius 2 is 0.883 bits per heavy atom. The van der Waals surface area contributed by atoms with E-state index in [0.29, 0.717) is 17.6 Å². The van der Waals surface area contributed by atoms with Crippen molar-refractivity contribution in [3.8, 4) is 56.7 Å². The van der Waals surface area contributed by atoms with Gasteiger partial charge in [-0.25, -0.2) is 4.98 Å². The van der Waals surface area contributed by atoms with E-state index < -0.39 is 0 Å². The van der Waals surface area contributed by atoms with Crippen LogP contribution in [-0.4, -0.2) is 24.1 Å². The van der Waals surface area contributed by atoms with Gasteiger partial charge in [-0.15, -0.1) is 0 Å². The maximum absolute atomic E-state index is 6.42. The summed E-state index contributed by atoms with van der Waals surface area (Å²) in [6.45, 7) is 4.25. The first-order valence-electron chi connectivity index (χ1n) is 26.3. The lowest BCUT2D eigenvalue weighted by Crippen LogP contribution is -2.06. The summed E-state index contributed by atoms with van der Waals surface area (Å²) in [6.07, 6.45) is 1.25. The van der Waals surface area contributed by atoms with Crippen molar-refractivity contribution in [3.05, 3.63) is 237 Å².